The molecule has 21 heavy (non-hydrogen) atoms. The number of amides is 1. The molecule has 0 radical (unpaired) electrons. The summed E-state index contributed by atoms with van der Waals surface area (Å²) in [5, 5.41) is 12.1. The molecule has 4 nitrogen and oxygen atoms in total. The van der Waals surface area contributed by atoms with Gasteiger partial charge in [0.25, 0.3) is 0 Å². The third-order valence-corrected chi connectivity index (χ3v) is 4.01. The van der Waals surface area contributed by atoms with Crippen LogP contribution in [-0.4, -0.2) is 23.0 Å². The van der Waals surface area contributed by atoms with E-state index < -0.39 is 5.97 Å². The summed E-state index contributed by atoms with van der Waals surface area (Å²) >= 11 is 0. The molecule has 1 aromatic carbocycles. The summed E-state index contributed by atoms with van der Waals surface area (Å²) in [6.45, 7) is 0. The maximum absolute atomic E-state index is 12.1. The van der Waals surface area contributed by atoms with Crippen LogP contribution in [0.1, 0.15) is 60.9 Å². The van der Waals surface area contributed by atoms with E-state index in [9.17, 15) is 9.59 Å². The van der Waals surface area contributed by atoms with Gasteiger partial charge in [0, 0.05) is 6.04 Å². The highest BCUT2D eigenvalue weighted by Crippen LogP contribution is 2.17. The Bertz CT molecular complexity index is 491. The Morgan fingerprint density at radius 2 is 1.76 bits per heavy atom. The van der Waals surface area contributed by atoms with Gasteiger partial charge in [-0.2, -0.15) is 0 Å². The zero-order valence-electron chi connectivity index (χ0n) is 12.3. The van der Waals surface area contributed by atoms with Gasteiger partial charge in [-0.3, -0.25) is 4.79 Å². The lowest BCUT2D eigenvalue weighted by atomic mass is 9.96. The lowest BCUT2D eigenvalue weighted by Gasteiger charge is -2.21. The molecular formula is C17H23NO3. The van der Waals surface area contributed by atoms with Gasteiger partial charge in [-0.15, -0.1) is 0 Å². The fourth-order valence-electron chi connectivity index (χ4n) is 2.88. The molecule has 2 N–H and O–H groups in total. The van der Waals surface area contributed by atoms with Crippen molar-refractivity contribution in [3.8, 4) is 0 Å². The van der Waals surface area contributed by atoms with Gasteiger partial charge in [0.1, 0.15) is 0 Å². The molecule has 0 heterocycles. The van der Waals surface area contributed by atoms with Crippen LogP contribution in [0.4, 0.5) is 0 Å². The highest BCUT2D eigenvalue weighted by molar-refractivity contribution is 5.88. The lowest BCUT2D eigenvalue weighted by Crippen LogP contribution is -2.36. The van der Waals surface area contributed by atoms with Crippen molar-refractivity contribution in [3.05, 3.63) is 35.4 Å². The molecule has 0 aliphatic heterocycles. The summed E-state index contributed by atoms with van der Waals surface area (Å²) in [6.07, 6.45) is 8.54. The third-order valence-electron chi connectivity index (χ3n) is 4.01. The van der Waals surface area contributed by atoms with Crippen molar-refractivity contribution in [2.45, 2.75) is 57.4 Å². The van der Waals surface area contributed by atoms with E-state index in [1.807, 2.05) is 0 Å². The Balaban J connectivity index is 1.88. The van der Waals surface area contributed by atoms with Crippen molar-refractivity contribution in [1.29, 1.82) is 0 Å². The van der Waals surface area contributed by atoms with E-state index in [4.69, 9.17) is 5.11 Å². The van der Waals surface area contributed by atoms with Crippen LogP contribution in [0.15, 0.2) is 24.3 Å². The van der Waals surface area contributed by atoms with Crippen LogP contribution < -0.4 is 5.32 Å². The Morgan fingerprint density at radius 1 is 1.10 bits per heavy atom. The first-order valence-corrected chi connectivity index (χ1v) is 7.77. The molecule has 0 unspecified atom stereocenters. The van der Waals surface area contributed by atoms with E-state index in [-0.39, 0.29) is 23.9 Å². The largest absolute Gasteiger partial charge is 0.478 e. The maximum atomic E-state index is 12.1. The van der Waals surface area contributed by atoms with Gasteiger partial charge in [0.15, 0.2) is 0 Å². The number of rotatable bonds is 4. The van der Waals surface area contributed by atoms with Crippen LogP contribution in [0.5, 0.6) is 0 Å². The fourth-order valence-corrected chi connectivity index (χ4v) is 2.88. The van der Waals surface area contributed by atoms with Crippen molar-refractivity contribution in [2.24, 2.45) is 0 Å². The van der Waals surface area contributed by atoms with E-state index >= 15 is 0 Å². The van der Waals surface area contributed by atoms with Crippen LogP contribution in [-0.2, 0) is 11.2 Å². The Hall–Kier alpha value is -1.84. The van der Waals surface area contributed by atoms with Gasteiger partial charge in [0.05, 0.1) is 12.0 Å². The minimum absolute atomic E-state index is 0.0110. The molecule has 1 aliphatic carbocycles. The van der Waals surface area contributed by atoms with Crippen LogP contribution in [0.25, 0.3) is 0 Å². The molecule has 114 valence electrons. The minimum atomic E-state index is -0.961. The molecule has 1 saturated carbocycles. The Morgan fingerprint density at radius 3 is 2.43 bits per heavy atom. The molecule has 4 heteroatoms. The predicted octanol–water partition coefficient (Wildman–Crippen LogP) is 3.16. The summed E-state index contributed by atoms with van der Waals surface area (Å²) in [7, 11) is 0. The normalized spacial score (nSPS) is 16.8. The summed E-state index contributed by atoms with van der Waals surface area (Å²) in [5.41, 5.74) is 0.976. The van der Waals surface area contributed by atoms with Crippen LogP contribution in [0, 0.1) is 0 Å². The van der Waals surface area contributed by atoms with E-state index in [1.54, 1.807) is 24.3 Å². The zero-order chi connectivity index (χ0) is 15.1. The number of carboxylic acid groups (broad SMARTS) is 1. The quantitative estimate of drug-likeness (QED) is 0.894. The predicted molar refractivity (Wildman–Crippen MR) is 81.4 cm³/mol. The highest BCUT2D eigenvalue weighted by atomic mass is 16.4. The average Bonchev–Trinajstić information content (AvgIpc) is 2.42. The molecule has 0 saturated heterocycles. The number of carboxylic acids is 1. The molecule has 2 rings (SSSR count). The van der Waals surface area contributed by atoms with Crippen molar-refractivity contribution < 1.29 is 14.7 Å². The highest BCUT2D eigenvalue weighted by Gasteiger charge is 2.14. The first-order valence-electron chi connectivity index (χ1n) is 7.77. The molecule has 0 atom stereocenters. The summed E-state index contributed by atoms with van der Waals surface area (Å²) in [4.78, 5) is 23.0. The summed E-state index contributed by atoms with van der Waals surface area (Å²) in [5.74, 6) is -0.972. The second kappa shape index (κ2) is 7.81. The maximum Gasteiger partial charge on any atom is 0.335 e. The molecule has 1 aliphatic rings. The van der Waals surface area contributed by atoms with Crippen LogP contribution in [0.3, 0.4) is 0 Å². The topological polar surface area (TPSA) is 66.4 Å². The monoisotopic (exact) mass is 289 g/mol. The lowest BCUT2D eigenvalue weighted by molar-refractivity contribution is -0.121. The van der Waals surface area contributed by atoms with E-state index in [0.717, 1.165) is 18.4 Å². The zero-order valence-corrected chi connectivity index (χ0v) is 12.3. The van der Waals surface area contributed by atoms with Crippen molar-refractivity contribution >= 4 is 11.9 Å². The number of hydrogen-bond acceptors (Lipinski definition) is 2. The summed E-state index contributed by atoms with van der Waals surface area (Å²) in [6, 6.07) is 6.87. The number of carbonyl (C=O) groups is 2. The fraction of sp³-hybridized carbons (Fsp3) is 0.529. The van der Waals surface area contributed by atoms with Gasteiger partial charge in [-0.25, -0.2) is 4.79 Å². The number of aromatic carboxylic acids is 1. The van der Waals surface area contributed by atoms with E-state index in [2.05, 4.69) is 5.32 Å². The molecule has 1 fully saturated rings. The van der Waals surface area contributed by atoms with Crippen LogP contribution >= 0.6 is 0 Å². The van der Waals surface area contributed by atoms with Gasteiger partial charge in [-0.1, -0.05) is 44.2 Å². The average molecular weight is 289 g/mol. The van der Waals surface area contributed by atoms with Gasteiger partial charge in [0.2, 0.25) is 5.91 Å². The number of hydrogen-bond donors (Lipinski definition) is 2. The molecule has 0 bridgehead atoms. The van der Waals surface area contributed by atoms with Crippen molar-refractivity contribution in [1.82, 2.24) is 5.32 Å². The summed E-state index contributed by atoms with van der Waals surface area (Å²) < 4.78 is 0. The number of carbonyl (C=O) groups excluding carboxylic acids is 1. The number of nitrogens with one attached hydrogen (secondary N) is 1. The molecular weight excluding hydrogens is 266 g/mol. The molecule has 1 aromatic rings. The van der Waals surface area contributed by atoms with Crippen LogP contribution in [0.2, 0.25) is 0 Å². The molecule has 0 spiro atoms. The first-order chi connectivity index (χ1) is 10.1. The van der Waals surface area contributed by atoms with Gasteiger partial charge < -0.3 is 10.4 Å². The second-order valence-corrected chi connectivity index (χ2v) is 5.79. The van der Waals surface area contributed by atoms with Gasteiger partial charge in [-0.05, 0) is 30.5 Å². The standard InChI is InChI=1S/C17H23NO3/c19-16(18-15-9-4-2-1-3-5-10-15)12-13-7-6-8-14(11-13)17(20)21/h6-8,11,15H,1-5,9-10,12H2,(H,18,19)(H,20,21). The minimum Gasteiger partial charge on any atom is -0.478 e. The Kier molecular flexibility index (Phi) is 5.78. The van der Waals surface area contributed by atoms with E-state index in [1.165, 1.54) is 32.1 Å². The van der Waals surface area contributed by atoms with E-state index in [0.29, 0.717) is 0 Å². The van der Waals surface area contributed by atoms with Crippen molar-refractivity contribution in [3.63, 3.8) is 0 Å². The Labute approximate surface area is 125 Å². The van der Waals surface area contributed by atoms with Crippen molar-refractivity contribution in [2.75, 3.05) is 0 Å². The molecule has 1 amide bonds. The molecule has 0 aromatic heterocycles. The second-order valence-electron chi connectivity index (χ2n) is 5.79. The smallest absolute Gasteiger partial charge is 0.335 e. The third kappa shape index (κ3) is 5.21. The number of benzene rings is 1. The SMILES string of the molecule is O=C(Cc1cccc(C(=O)O)c1)NC1CCCCCCC1. The first kappa shape index (κ1) is 15.5. The van der Waals surface area contributed by atoms with Gasteiger partial charge >= 0.3 is 5.97 Å².